The minimum atomic E-state index is 0.907. The topological polar surface area (TPSA) is 18.1 Å². The molecule has 184 valence electrons. The van der Waals surface area contributed by atoms with Crippen LogP contribution in [0.1, 0.15) is 0 Å². The molecule has 2 nitrogen and oxygen atoms in total. The van der Waals surface area contributed by atoms with E-state index in [-0.39, 0.29) is 0 Å². The Morgan fingerprint density at radius 2 is 1.15 bits per heavy atom. The van der Waals surface area contributed by atoms with E-state index in [1.54, 1.807) is 0 Å². The summed E-state index contributed by atoms with van der Waals surface area (Å²) in [7, 11) is 0. The fraction of sp³-hybridized carbons (Fsp3) is 0. The second-order valence-electron chi connectivity index (χ2n) is 9.89. The van der Waals surface area contributed by atoms with Crippen LogP contribution in [0.4, 0.5) is 0 Å². The van der Waals surface area contributed by atoms with E-state index >= 15 is 0 Å². The fourth-order valence-corrected chi connectivity index (χ4v) is 6.37. The maximum absolute atomic E-state index is 6.46. The van der Waals surface area contributed by atoms with E-state index in [0.29, 0.717) is 0 Å². The molecule has 6 aromatic carbocycles. The van der Waals surface area contributed by atoms with Crippen LogP contribution < -0.4 is 0 Å². The van der Waals surface area contributed by atoms with Crippen LogP contribution in [0, 0.1) is 0 Å². The van der Waals surface area contributed by atoms with Crippen molar-refractivity contribution in [2.24, 2.45) is 0 Å². The predicted octanol–water partition coefficient (Wildman–Crippen LogP) is 10.8. The molecule has 0 saturated heterocycles. The van der Waals surface area contributed by atoms with Crippen molar-refractivity contribution in [1.29, 1.82) is 0 Å². The standard InChI is InChI=1S/C36H22BrNO/c37-31-12-4-1-8-26(31)24-18-16-23(17-19-24)25-20-21-28-27-9-2-5-13-32(27)38(34(28)22-25)33-14-7-11-30-29-10-3-6-15-35(29)39-36(30)33/h1-22H. The Hall–Kier alpha value is -4.60. The highest BCUT2D eigenvalue weighted by Gasteiger charge is 2.18. The van der Waals surface area contributed by atoms with Gasteiger partial charge < -0.3 is 8.98 Å². The van der Waals surface area contributed by atoms with Crippen LogP contribution in [-0.2, 0) is 0 Å². The van der Waals surface area contributed by atoms with Gasteiger partial charge in [0.15, 0.2) is 5.58 Å². The Bertz CT molecular complexity index is 2180. The zero-order valence-electron chi connectivity index (χ0n) is 20.9. The zero-order chi connectivity index (χ0) is 25.9. The van der Waals surface area contributed by atoms with E-state index in [2.05, 4.69) is 136 Å². The molecule has 8 rings (SSSR count). The van der Waals surface area contributed by atoms with Crippen molar-refractivity contribution in [3.63, 3.8) is 0 Å². The van der Waals surface area contributed by atoms with Crippen molar-refractivity contribution in [3.05, 3.63) is 138 Å². The van der Waals surface area contributed by atoms with Crippen LogP contribution in [-0.4, -0.2) is 4.57 Å². The lowest BCUT2D eigenvalue weighted by molar-refractivity contribution is 0.666. The first kappa shape index (κ1) is 22.4. The number of halogens is 1. The van der Waals surface area contributed by atoms with Gasteiger partial charge in [-0.05, 0) is 52.6 Å². The number of fused-ring (bicyclic) bond motifs is 6. The lowest BCUT2D eigenvalue weighted by atomic mass is 9.99. The summed E-state index contributed by atoms with van der Waals surface area (Å²) in [5.74, 6) is 0. The summed E-state index contributed by atoms with van der Waals surface area (Å²) in [6, 6.07) is 47.3. The number of aromatic nitrogens is 1. The van der Waals surface area contributed by atoms with Gasteiger partial charge >= 0.3 is 0 Å². The van der Waals surface area contributed by atoms with Crippen molar-refractivity contribution < 1.29 is 4.42 Å². The number of hydrogen-bond acceptors (Lipinski definition) is 1. The van der Waals surface area contributed by atoms with Crippen LogP contribution in [0.5, 0.6) is 0 Å². The second kappa shape index (κ2) is 8.72. The Kier molecular flexibility index (Phi) is 5.01. The number of para-hydroxylation sites is 3. The molecule has 2 aromatic heterocycles. The highest BCUT2D eigenvalue weighted by Crippen LogP contribution is 2.39. The smallest absolute Gasteiger partial charge is 0.159 e. The normalized spacial score (nSPS) is 11.7. The average molecular weight is 564 g/mol. The molecule has 3 heteroatoms. The third kappa shape index (κ3) is 3.47. The van der Waals surface area contributed by atoms with Crippen molar-refractivity contribution in [2.45, 2.75) is 0 Å². The monoisotopic (exact) mass is 563 g/mol. The number of benzene rings is 6. The molecular formula is C36H22BrNO. The van der Waals surface area contributed by atoms with E-state index in [9.17, 15) is 0 Å². The summed E-state index contributed by atoms with van der Waals surface area (Å²) >= 11 is 3.69. The molecule has 39 heavy (non-hydrogen) atoms. The lowest BCUT2D eigenvalue weighted by Gasteiger charge is -2.10. The average Bonchev–Trinajstić information content (AvgIpc) is 3.53. The van der Waals surface area contributed by atoms with E-state index in [1.807, 2.05) is 18.2 Å². The third-order valence-electron chi connectivity index (χ3n) is 7.70. The van der Waals surface area contributed by atoms with Crippen LogP contribution in [0.25, 0.3) is 71.7 Å². The van der Waals surface area contributed by atoms with Crippen molar-refractivity contribution in [1.82, 2.24) is 4.57 Å². The van der Waals surface area contributed by atoms with E-state index in [1.165, 1.54) is 38.5 Å². The minimum Gasteiger partial charge on any atom is -0.454 e. The van der Waals surface area contributed by atoms with Gasteiger partial charge in [0.1, 0.15) is 5.58 Å². The molecule has 0 bridgehead atoms. The number of nitrogens with zero attached hydrogens (tertiary/aromatic N) is 1. The van der Waals surface area contributed by atoms with Crippen molar-refractivity contribution in [2.75, 3.05) is 0 Å². The minimum absolute atomic E-state index is 0.907. The van der Waals surface area contributed by atoms with Gasteiger partial charge in [0, 0.05) is 26.0 Å². The van der Waals surface area contributed by atoms with Gasteiger partial charge in [0.25, 0.3) is 0 Å². The summed E-state index contributed by atoms with van der Waals surface area (Å²) in [6.45, 7) is 0. The SMILES string of the molecule is Brc1ccccc1-c1ccc(-c2ccc3c4ccccc4n(-c4cccc5c4oc4ccccc45)c3c2)cc1. The summed E-state index contributed by atoms with van der Waals surface area (Å²) in [5.41, 5.74) is 9.95. The lowest BCUT2D eigenvalue weighted by Crippen LogP contribution is -1.94. The van der Waals surface area contributed by atoms with Gasteiger partial charge in [-0.25, -0.2) is 0 Å². The summed E-state index contributed by atoms with van der Waals surface area (Å²) < 4.78 is 9.92. The van der Waals surface area contributed by atoms with Gasteiger partial charge in [-0.1, -0.05) is 119 Å². The molecule has 0 spiro atoms. The first-order chi connectivity index (χ1) is 19.3. The molecule has 0 saturated carbocycles. The molecule has 0 radical (unpaired) electrons. The number of hydrogen-bond donors (Lipinski definition) is 0. The molecule has 0 amide bonds. The molecule has 0 fully saturated rings. The summed E-state index contributed by atoms with van der Waals surface area (Å²) in [4.78, 5) is 0. The van der Waals surface area contributed by atoms with Crippen LogP contribution >= 0.6 is 15.9 Å². The van der Waals surface area contributed by atoms with Gasteiger partial charge in [-0.2, -0.15) is 0 Å². The first-order valence-corrected chi connectivity index (χ1v) is 13.8. The Labute approximate surface area is 233 Å². The van der Waals surface area contributed by atoms with E-state index in [0.717, 1.165) is 37.6 Å². The van der Waals surface area contributed by atoms with Gasteiger partial charge in [0.05, 0.1) is 16.7 Å². The van der Waals surface area contributed by atoms with Gasteiger partial charge in [-0.15, -0.1) is 0 Å². The largest absolute Gasteiger partial charge is 0.454 e. The molecule has 0 aliphatic heterocycles. The molecule has 2 heterocycles. The number of rotatable bonds is 3. The van der Waals surface area contributed by atoms with Gasteiger partial charge in [0.2, 0.25) is 0 Å². The molecular weight excluding hydrogens is 542 g/mol. The highest BCUT2D eigenvalue weighted by atomic mass is 79.9. The molecule has 0 aliphatic rings. The number of furan rings is 1. The zero-order valence-corrected chi connectivity index (χ0v) is 22.5. The molecule has 0 aliphatic carbocycles. The maximum atomic E-state index is 6.46. The highest BCUT2D eigenvalue weighted by molar-refractivity contribution is 9.10. The van der Waals surface area contributed by atoms with Crippen molar-refractivity contribution in [3.8, 4) is 27.9 Å². The third-order valence-corrected chi connectivity index (χ3v) is 8.39. The van der Waals surface area contributed by atoms with Crippen molar-refractivity contribution >= 4 is 59.7 Å². The quantitative estimate of drug-likeness (QED) is 0.209. The molecule has 0 N–H and O–H groups in total. The maximum Gasteiger partial charge on any atom is 0.159 e. The molecule has 0 atom stereocenters. The van der Waals surface area contributed by atoms with Crippen LogP contribution in [0.3, 0.4) is 0 Å². The predicted molar refractivity (Wildman–Crippen MR) is 167 cm³/mol. The van der Waals surface area contributed by atoms with Crippen LogP contribution in [0.2, 0.25) is 0 Å². The fourth-order valence-electron chi connectivity index (χ4n) is 5.86. The Morgan fingerprint density at radius 3 is 2.03 bits per heavy atom. The first-order valence-electron chi connectivity index (χ1n) is 13.1. The summed E-state index contributed by atoms with van der Waals surface area (Å²) in [5, 5.41) is 4.73. The second-order valence-corrected chi connectivity index (χ2v) is 10.7. The van der Waals surface area contributed by atoms with Gasteiger partial charge in [-0.3, -0.25) is 0 Å². The Balaban J connectivity index is 1.35. The van der Waals surface area contributed by atoms with E-state index in [4.69, 9.17) is 4.42 Å². The van der Waals surface area contributed by atoms with Crippen LogP contribution in [0.15, 0.2) is 142 Å². The molecule has 0 unspecified atom stereocenters. The Morgan fingerprint density at radius 1 is 0.487 bits per heavy atom. The van der Waals surface area contributed by atoms with E-state index < -0.39 is 0 Å². The molecule has 8 aromatic rings. The summed E-state index contributed by atoms with van der Waals surface area (Å²) in [6.07, 6.45) is 0.